The van der Waals surface area contributed by atoms with Gasteiger partial charge in [0.15, 0.2) is 0 Å². The van der Waals surface area contributed by atoms with Crippen LogP contribution in [-0.2, 0) is 20.5 Å². The van der Waals surface area contributed by atoms with Gasteiger partial charge in [-0.25, -0.2) is 4.79 Å². The predicted octanol–water partition coefficient (Wildman–Crippen LogP) is 7.71. The number of carbonyl (C=O) groups is 1. The Labute approximate surface area is 221 Å². The normalized spacial score (nSPS) is 17.3. The largest absolute Gasteiger partial charge is 0.466 e. The van der Waals surface area contributed by atoms with E-state index in [4.69, 9.17) is 15.2 Å². The first-order valence-electron chi connectivity index (χ1n) is 13.0. The smallest absolute Gasteiger partial charge is 0.359 e. The van der Waals surface area contributed by atoms with E-state index in [1.165, 1.54) is 12.7 Å². The van der Waals surface area contributed by atoms with Crippen molar-refractivity contribution >= 4 is 17.2 Å². The molecule has 3 aromatic rings. The zero-order chi connectivity index (χ0) is 27.1. The van der Waals surface area contributed by atoms with Crippen molar-refractivity contribution in [1.29, 1.82) is 0 Å². The van der Waals surface area contributed by atoms with Gasteiger partial charge in [-0.3, -0.25) is 0 Å². The fourth-order valence-electron chi connectivity index (χ4n) is 5.02. The van der Waals surface area contributed by atoms with Crippen LogP contribution < -0.4 is 10.5 Å². The van der Waals surface area contributed by atoms with E-state index < -0.39 is 11.6 Å². The molecule has 0 saturated carbocycles. The SMILES string of the molecule is COC(=O)C1(c2cc(C(C)C)c(N)c(C(C)C)c2)C=C(c2ccccc2)c2cc(C(C)(C)C)ccc2O1. The first-order valence-corrected chi connectivity index (χ1v) is 13.0. The number of ether oxygens (including phenoxy) is 2. The number of fused-ring (bicyclic) bond motifs is 1. The molecule has 0 aliphatic carbocycles. The molecule has 0 radical (unpaired) electrons. The summed E-state index contributed by atoms with van der Waals surface area (Å²) in [5, 5.41) is 0. The zero-order valence-electron chi connectivity index (χ0n) is 23.3. The number of hydrogen-bond donors (Lipinski definition) is 1. The van der Waals surface area contributed by atoms with Crippen LogP contribution in [0.3, 0.4) is 0 Å². The summed E-state index contributed by atoms with van der Waals surface area (Å²) in [5.41, 5.74) is 12.7. The molecular formula is C33H39NO3. The second-order valence-electron chi connectivity index (χ2n) is 11.6. The predicted molar refractivity (Wildman–Crippen MR) is 152 cm³/mol. The summed E-state index contributed by atoms with van der Waals surface area (Å²) in [6.07, 6.45) is 1.93. The molecule has 2 N–H and O–H groups in total. The Kier molecular flexibility index (Phi) is 6.98. The van der Waals surface area contributed by atoms with Gasteiger partial charge in [0, 0.05) is 16.8 Å². The van der Waals surface area contributed by atoms with Gasteiger partial charge in [0.2, 0.25) is 5.60 Å². The first kappa shape index (κ1) is 26.5. The minimum absolute atomic E-state index is 0.0387. The Morgan fingerprint density at radius 2 is 1.51 bits per heavy atom. The number of methoxy groups -OCH3 is 1. The van der Waals surface area contributed by atoms with Gasteiger partial charge in [-0.2, -0.15) is 0 Å². The second kappa shape index (κ2) is 9.74. The third-order valence-corrected chi connectivity index (χ3v) is 7.24. The molecule has 1 atom stereocenters. The lowest BCUT2D eigenvalue weighted by molar-refractivity contribution is -0.155. The van der Waals surface area contributed by atoms with E-state index in [0.29, 0.717) is 5.75 Å². The number of nitrogens with two attached hydrogens (primary N) is 1. The molecule has 194 valence electrons. The van der Waals surface area contributed by atoms with Crippen molar-refractivity contribution in [3.8, 4) is 5.75 Å². The molecule has 0 fully saturated rings. The van der Waals surface area contributed by atoms with Crippen molar-refractivity contribution in [2.24, 2.45) is 0 Å². The zero-order valence-corrected chi connectivity index (χ0v) is 23.3. The molecule has 1 heterocycles. The number of hydrogen-bond acceptors (Lipinski definition) is 4. The van der Waals surface area contributed by atoms with Crippen LogP contribution in [0.4, 0.5) is 5.69 Å². The van der Waals surface area contributed by atoms with Crippen LogP contribution in [0.1, 0.15) is 93.7 Å². The quantitative estimate of drug-likeness (QED) is 0.290. The summed E-state index contributed by atoms with van der Waals surface area (Å²) >= 11 is 0. The summed E-state index contributed by atoms with van der Waals surface area (Å²) in [6, 6.07) is 20.4. The van der Waals surface area contributed by atoms with E-state index in [9.17, 15) is 4.79 Å². The van der Waals surface area contributed by atoms with Gasteiger partial charge in [0.05, 0.1) is 7.11 Å². The third kappa shape index (κ3) is 4.77. The Morgan fingerprint density at radius 3 is 2.03 bits per heavy atom. The van der Waals surface area contributed by atoms with E-state index in [2.05, 4.69) is 72.7 Å². The fourth-order valence-corrected chi connectivity index (χ4v) is 5.02. The molecule has 1 aliphatic heterocycles. The number of esters is 1. The Hall–Kier alpha value is -3.53. The highest BCUT2D eigenvalue weighted by Gasteiger charge is 2.47. The van der Waals surface area contributed by atoms with Crippen LogP contribution in [0.15, 0.2) is 66.7 Å². The van der Waals surface area contributed by atoms with Gasteiger partial charge >= 0.3 is 5.97 Å². The lowest BCUT2D eigenvalue weighted by Gasteiger charge is -2.37. The van der Waals surface area contributed by atoms with Crippen LogP contribution in [0, 0.1) is 0 Å². The first-order chi connectivity index (χ1) is 17.4. The van der Waals surface area contributed by atoms with Crippen molar-refractivity contribution in [3.63, 3.8) is 0 Å². The second-order valence-corrected chi connectivity index (χ2v) is 11.6. The molecule has 0 amide bonds. The Bertz CT molecular complexity index is 1320. The highest BCUT2D eigenvalue weighted by molar-refractivity contribution is 5.94. The van der Waals surface area contributed by atoms with E-state index in [0.717, 1.165) is 39.1 Å². The van der Waals surface area contributed by atoms with E-state index in [-0.39, 0.29) is 17.3 Å². The summed E-state index contributed by atoms with van der Waals surface area (Å²) in [4.78, 5) is 13.7. The number of anilines is 1. The molecule has 0 spiro atoms. The highest BCUT2D eigenvalue weighted by Crippen LogP contribution is 2.47. The lowest BCUT2D eigenvalue weighted by atomic mass is 9.79. The molecule has 1 unspecified atom stereocenters. The minimum Gasteiger partial charge on any atom is -0.466 e. The van der Waals surface area contributed by atoms with Crippen molar-refractivity contribution in [2.75, 3.05) is 12.8 Å². The van der Waals surface area contributed by atoms with Crippen molar-refractivity contribution < 1.29 is 14.3 Å². The molecule has 3 aromatic carbocycles. The highest BCUT2D eigenvalue weighted by atomic mass is 16.6. The molecule has 37 heavy (non-hydrogen) atoms. The standard InChI is InChI=1S/C33H39NO3/c1-20(2)25-17-24(18-26(21(3)4)30(25)34)33(31(35)36-8)19-28(22-12-10-9-11-13-22)27-16-23(32(5,6)7)14-15-29(27)37-33/h9-21H,34H2,1-8H3. The van der Waals surface area contributed by atoms with E-state index >= 15 is 0 Å². The van der Waals surface area contributed by atoms with Crippen LogP contribution in [0.25, 0.3) is 5.57 Å². The van der Waals surface area contributed by atoms with Crippen molar-refractivity contribution in [2.45, 2.75) is 71.3 Å². The summed E-state index contributed by atoms with van der Waals surface area (Å²) in [5.74, 6) is 0.527. The number of benzene rings is 3. The summed E-state index contributed by atoms with van der Waals surface area (Å²) < 4.78 is 12.1. The van der Waals surface area contributed by atoms with E-state index in [1.807, 2.05) is 42.5 Å². The Balaban J connectivity index is 2.08. The number of nitrogen functional groups attached to an aromatic ring is 1. The molecule has 0 bridgehead atoms. The van der Waals surface area contributed by atoms with Gasteiger partial charge in [0.25, 0.3) is 0 Å². The third-order valence-electron chi connectivity index (χ3n) is 7.24. The summed E-state index contributed by atoms with van der Waals surface area (Å²) in [6.45, 7) is 15.0. The van der Waals surface area contributed by atoms with Crippen LogP contribution in [0.5, 0.6) is 5.75 Å². The van der Waals surface area contributed by atoms with Gasteiger partial charge in [0.1, 0.15) is 5.75 Å². The maximum absolute atomic E-state index is 13.7. The minimum atomic E-state index is -1.46. The summed E-state index contributed by atoms with van der Waals surface area (Å²) in [7, 11) is 1.41. The molecular weight excluding hydrogens is 458 g/mol. The molecule has 0 saturated heterocycles. The maximum Gasteiger partial charge on any atom is 0.359 e. The lowest BCUT2D eigenvalue weighted by Crippen LogP contribution is -2.43. The fraction of sp³-hybridized carbons (Fsp3) is 0.364. The Morgan fingerprint density at radius 1 is 0.919 bits per heavy atom. The monoisotopic (exact) mass is 497 g/mol. The molecule has 4 nitrogen and oxygen atoms in total. The van der Waals surface area contributed by atoms with Crippen LogP contribution in [-0.4, -0.2) is 13.1 Å². The van der Waals surface area contributed by atoms with Gasteiger partial charge in [-0.05, 0) is 75.4 Å². The topological polar surface area (TPSA) is 61.5 Å². The number of carbonyl (C=O) groups excluding carboxylic acids is 1. The average Bonchev–Trinajstić information content (AvgIpc) is 2.86. The maximum atomic E-state index is 13.7. The van der Waals surface area contributed by atoms with Gasteiger partial charge < -0.3 is 15.2 Å². The van der Waals surface area contributed by atoms with E-state index in [1.54, 1.807) is 0 Å². The van der Waals surface area contributed by atoms with Crippen LogP contribution >= 0.6 is 0 Å². The molecule has 4 heteroatoms. The molecule has 4 rings (SSSR count). The van der Waals surface area contributed by atoms with Crippen LogP contribution in [0.2, 0.25) is 0 Å². The van der Waals surface area contributed by atoms with Crippen molar-refractivity contribution in [1.82, 2.24) is 0 Å². The van der Waals surface area contributed by atoms with Gasteiger partial charge in [-0.1, -0.05) is 84.9 Å². The average molecular weight is 498 g/mol. The van der Waals surface area contributed by atoms with Gasteiger partial charge in [-0.15, -0.1) is 0 Å². The van der Waals surface area contributed by atoms with Crippen molar-refractivity contribution in [3.05, 3.63) is 100 Å². The molecule has 1 aliphatic rings. The number of rotatable bonds is 5. The molecule has 0 aromatic heterocycles.